The molecule has 2 amide bonds. The molecule has 5 heteroatoms. The monoisotopic (exact) mass is 344 g/mol. The van der Waals surface area contributed by atoms with E-state index < -0.39 is 0 Å². The first-order valence-corrected chi connectivity index (χ1v) is 8.44. The van der Waals surface area contributed by atoms with E-state index in [-0.39, 0.29) is 11.6 Å². The lowest BCUT2D eigenvalue weighted by Crippen LogP contribution is -2.42. The third kappa shape index (κ3) is 4.01. The number of carbonyl (C=O) groups is 1. The molecule has 3 rings (SSSR count). The van der Waals surface area contributed by atoms with Crippen molar-refractivity contribution in [3.63, 3.8) is 0 Å². The van der Waals surface area contributed by atoms with E-state index in [9.17, 15) is 4.79 Å². The molecular weight excluding hydrogens is 324 g/mol. The highest BCUT2D eigenvalue weighted by Gasteiger charge is 2.45. The summed E-state index contributed by atoms with van der Waals surface area (Å²) in [6.45, 7) is 0.579. The fourth-order valence-corrected chi connectivity index (χ4v) is 2.92. The molecule has 0 spiro atoms. The van der Waals surface area contributed by atoms with Gasteiger partial charge in [0.25, 0.3) is 0 Å². The number of benzene rings is 2. The Morgan fingerprint density at radius 2 is 1.96 bits per heavy atom. The Kier molecular flexibility index (Phi) is 4.95. The topological polar surface area (TPSA) is 50.4 Å². The average molecular weight is 345 g/mol. The molecule has 0 aromatic heterocycles. The van der Waals surface area contributed by atoms with Gasteiger partial charge in [-0.3, -0.25) is 0 Å². The lowest BCUT2D eigenvalue weighted by atomic mass is 10.1. The van der Waals surface area contributed by atoms with Gasteiger partial charge in [-0.05, 0) is 54.7 Å². The molecule has 1 fully saturated rings. The van der Waals surface area contributed by atoms with E-state index in [0.29, 0.717) is 11.6 Å². The Labute approximate surface area is 147 Å². The average Bonchev–Trinajstić information content (AvgIpc) is 3.36. The maximum atomic E-state index is 12.2. The van der Waals surface area contributed by atoms with Gasteiger partial charge >= 0.3 is 6.03 Å². The summed E-state index contributed by atoms with van der Waals surface area (Å²) in [5.74, 6) is 0.830. The predicted molar refractivity (Wildman–Crippen MR) is 95.6 cm³/mol. The van der Waals surface area contributed by atoms with E-state index >= 15 is 0 Å². The van der Waals surface area contributed by atoms with Crippen molar-refractivity contribution in [3.8, 4) is 5.75 Å². The summed E-state index contributed by atoms with van der Waals surface area (Å²) < 4.78 is 5.20. The summed E-state index contributed by atoms with van der Waals surface area (Å²) in [7, 11) is 1.65. The number of hydrogen-bond acceptors (Lipinski definition) is 2. The lowest BCUT2D eigenvalue weighted by Gasteiger charge is -2.18. The second-order valence-corrected chi connectivity index (χ2v) is 6.51. The molecule has 0 radical (unpaired) electrons. The summed E-state index contributed by atoms with van der Waals surface area (Å²) in [5.41, 5.74) is 2.01. The highest BCUT2D eigenvalue weighted by atomic mass is 35.5. The van der Waals surface area contributed by atoms with Crippen LogP contribution in [0.25, 0.3) is 0 Å². The minimum Gasteiger partial charge on any atom is -0.497 e. The van der Waals surface area contributed by atoms with Crippen molar-refractivity contribution < 1.29 is 9.53 Å². The van der Waals surface area contributed by atoms with E-state index in [4.69, 9.17) is 16.3 Å². The molecule has 24 heavy (non-hydrogen) atoms. The first-order chi connectivity index (χ1) is 11.6. The fraction of sp³-hybridized carbons (Fsp3) is 0.316. The second kappa shape index (κ2) is 7.14. The molecule has 1 aliphatic rings. The van der Waals surface area contributed by atoms with Gasteiger partial charge in [0, 0.05) is 11.6 Å². The van der Waals surface area contributed by atoms with Gasteiger partial charge in [-0.15, -0.1) is 0 Å². The number of halogens is 1. The highest BCUT2D eigenvalue weighted by molar-refractivity contribution is 6.30. The smallest absolute Gasteiger partial charge is 0.315 e. The zero-order valence-electron chi connectivity index (χ0n) is 13.6. The number of urea groups is 1. The van der Waals surface area contributed by atoms with Crippen molar-refractivity contribution in [2.45, 2.75) is 24.8 Å². The largest absolute Gasteiger partial charge is 0.497 e. The summed E-state index contributed by atoms with van der Waals surface area (Å²) >= 11 is 5.93. The van der Waals surface area contributed by atoms with Crippen LogP contribution < -0.4 is 15.4 Å². The van der Waals surface area contributed by atoms with Crippen molar-refractivity contribution in [2.24, 2.45) is 0 Å². The van der Waals surface area contributed by atoms with Crippen LogP contribution in [0.3, 0.4) is 0 Å². The third-order valence-corrected chi connectivity index (χ3v) is 4.58. The van der Waals surface area contributed by atoms with Crippen LogP contribution in [0.1, 0.15) is 24.0 Å². The van der Waals surface area contributed by atoms with Crippen LogP contribution in [-0.2, 0) is 12.0 Å². The van der Waals surface area contributed by atoms with Gasteiger partial charge in [-0.1, -0.05) is 35.9 Å². The zero-order chi connectivity index (χ0) is 17.0. The van der Waals surface area contributed by atoms with Crippen LogP contribution >= 0.6 is 11.6 Å². The van der Waals surface area contributed by atoms with Crippen LogP contribution in [0.2, 0.25) is 5.02 Å². The maximum absolute atomic E-state index is 12.2. The van der Waals surface area contributed by atoms with Crippen molar-refractivity contribution >= 4 is 17.6 Å². The minimum atomic E-state index is -0.232. The molecule has 4 nitrogen and oxygen atoms in total. The Bertz CT molecular complexity index is 712. The van der Waals surface area contributed by atoms with E-state index in [1.807, 2.05) is 48.5 Å². The number of ether oxygens (including phenoxy) is 1. The SMILES string of the molecule is COc1cccc(CCNC(=O)NC2(c3ccc(Cl)cc3)CC2)c1. The molecule has 0 heterocycles. The molecule has 2 aromatic rings. The van der Waals surface area contributed by atoms with Gasteiger partial charge in [-0.2, -0.15) is 0 Å². The molecule has 126 valence electrons. The Morgan fingerprint density at radius 3 is 2.62 bits per heavy atom. The highest BCUT2D eigenvalue weighted by Crippen LogP contribution is 2.45. The number of rotatable bonds is 6. The molecule has 1 aliphatic carbocycles. The second-order valence-electron chi connectivity index (χ2n) is 6.07. The Hall–Kier alpha value is -2.20. The van der Waals surface area contributed by atoms with E-state index in [2.05, 4.69) is 10.6 Å². The molecule has 0 aliphatic heterocycles. The van der Waals surface area contributed by atoms with Gasteiger partial charge in [0.05, 0.1) is 12.6 Å². The molecule has 0 atom stereocenters. The number of carbonyl (C=O) groups excluding carboxylic acids is 1. The van der Waals surface area contributed by atoms with E-state index in [0.717, 1.165) is 36.1 Å². The van der Waals surface area contributed by atoms with Gasteiger partial charge in [0.2, 0.25) is 0 Å². The Balaban J connectivity index is 1.50. The number of methoxy groups -OCH3 is 1. The third-order valence-electron chi connectivity index (χ3n) is 4.33. The van der Waals surface area contributed by atoms with E-state index in [1.54, 1.807) is 7.11 Å². The molecular formula is C19H21ClN2O2. The molecule has 0 bridgehead atoms. The first kappa shape index (κ1) is 16.7. The van der Waals surface area contributed by atoms with Crippen molar-refractivity contribution in [3.05, 3.63) is 64.7 Å². The van der Waals surface area contributed by atoms with Crippen LogP contribution in [0.15, 0.2) is 48.5 Å². The minimum absolute atomic E-state index is 0.134. The first-order valence-electron chi connectivity index (χ1n) is 8.06. The van der Waals surface area contributed by atoms with Crippen LogP contribution in [-0.4, -0.2) is 19.7 Å². The molecule has 0 unspecified atom stereocenters. The van der Waals surface area contributed by atoms with Crippen molar-refractivity contribution in [2.75, 3.05) is 13.7 Å². The summed E-state index contributed by atoms with van der Waals surface area (Å²) in [6, 6.07) is 15.4. The summed E-state index contributed by atoms with van der Waals surface area (Å²) in [6.07, 6.45) is 2.68. The number of amides is 2. The molecule has 2 N–H and O–H groups in total. The van der Waals surface area contributed by atoms with Gasteiger partial charge in [0.15, 0.2) is 0 Å². The number of hydrogen-bond donors (Lipinski definition) is 2. The summed E-state index contributed by atoms with van der Waals surface area (Å²) in [5, 5.41) is 6.73. The van der Waals surface area contributed by atoms with E-state index in [1.165, 1.54) is 0 Å². The molecule has 1 saturated carbocycles. The van der Waals surface area contributed by atoms with Gasteiger partial charge < -0.3 is 15.4 Å². The van der Waals surface area contributed by atoms with Crippen LogP contribution in [0.4, 0.5) is 4.79 Å². The standard InChI is InChI=1S/C19H21ClN2O2/c1-24-17-4-2-3-14(13-17)9-12-21-18(23)22-19(10-11-19)15-5-7-16(20)8-6-15/h2-8,13H,9-12H2,1H3,(H2,21,22,23). The normalized spacial score (nSPS) is 14.8. The Morgan fingerprint density at radius 1 is 1.21 bits per heavy atom. The van der Waals surface area contributed by atoms with Crippen molar-refractivity contribution in [1.29, 1.82) is 0 Å². The lowest BCUT2D eigenvalue weighted by molar-refractivity contribution is 0.236. The van der Waals surface area contributed by atoms with Crippen molar-refractivity contribution in [1.82, 2.24) is 10.6 Å². The maximum Gasteiger partial charge on any atom is 0.315 e. The number of nitrogens with one attached hydrogen (secondary N) is 2. The van der Waals surface area contributed by atoms with Crippen LogP contribution in [0, 0.1) is 0 Å². The quantitative estimate of drug-likeness (QED) is 0.835. The molecule has 0 saturated heterocycles. The van der Waals surface area contributed by atoms with Gasteiger partial charge in [0.1, 0.15) is 5.75 Å². The van der Waals surface area contributed by atoms with Gasteiger partial charge in [-0.25, -0.2) is 4.79 Å². The predicted octanol–water partition coefficient (Wildman–Crippen LogP) is 3.88. The summed E-state index contributed by atoms with van der Waals surface area (Å²) in [4.78, 5) is 12.2. The zero-order valence-corrected chi connectivity index (χ0v) is 14.4. The molecule has 2 aromatic carbocycles. The van der Waals surface area contributed by atoms with Crippen LogP contribution in [0.5, 0.6) is 5.75 Å². The fourth-order valence-electron chi connectivity index (χ4n) is 2.79.